The van der Waals surface area contributed by atoms with Gasteiger partial charge in [-0.15, -0.1) is 11.3 Å². The number of carbonyl (C=O) groups excluding carboxylic acids is 3. The lowest BCUT2D eigenvalue weighted by Gasteiger charge is -2.07. The first-order valence-corrected chi connectivity index (χ1v) is 8.87. The van der Waals surface area contributed by atoms with E-state index in [1.165, 1.54) is 18.4 Å². The van der Waals surface area contributed by atoms with Gasteiger partial charge in [0.2, 0.25) is 0 Å². The molecule has 2 rings (SSSR count). The average Bonchev–Trinajstić information content (AvgIpc) is 3.02. The molecule has 0 aliphatic carbocycles. The molecule has 1 heterocycles. The van der Waals surface area contributed by atoms with Crippen molar-refractivity contribution in [2.75, 3.05) is 19.0 Å². The SMILES string of the molecule is COC(=O)CNC(=O)c1ccc(NC(=O)c2sc(C(C)C)nc2C)cc1. The zero-order chi connectivity index (χ0) is 19.3. The number of amides is 2. The van der Waals surface area contributed by atoms with E-state index in [-0.39, 0.29) is 18.4 Å². The highest BCUT2D eigenvalue weighted by molar-refractivity contribution is 7.14. The number of hydrogen-bond donors (Lipinski definition) is 2. The van der Waals surface area contributed by atoms with Crippen LogP contribution in [0, 0.1) is 6.92 Å². The number of anilines is 1. The number of thiazole rings is 1. The zero-order valence-electron chi connectivity index (χ0n) is 15.1. The number of methoxy groups -OCH3 is 1. The highest BCUT2D eigenvalue weighted by atomic mass is 32.1. The molecule has 0 unspecified atom stereocenters. The molecule has 0 aliphatic rings. The fourth-order valence-electron chi connectivity index (χ4n) is 2.09. The van der Waals surface area contributed by atoms with Gasteiger partial charge < -0.3 is 15.4 Å². The predicted molar refractivity (Wildman–Crippen MR) is 99.7 cm³/mol. The third-order valence-electron chi connectivity index (χ3n) is 3.54. The standard InChI is InChI=1S/C18H21N3O4S/c1-10(2)18-20-11(3)15(26-18)17(24)21-13-7-5-12(6-8-13)16(23)19-9-14(22)25-4/h5-8,10H,9H2,1-4H3,(H,19,23)(H,21,24). The Morgan fingerprint density at radius 2 is 1.81 bits per heavy atom. The van der Waals surface area contributed by atoms with Crippen LogP contribution in [0.1, 0.15) is 50.5 Å². The van der Waals surface area contributed by atoms with Crippen LogP contribution in [-0.2, 0) is 9.53 Å². The van der Waals surface area contributed by atoms with Gasteiger partial charge in [-0.2, -0.15) is 0 Å². The maximum absolute atomic E-state index is 12.4. The minimum absolute atomic E-state index is 0.198. The molecule has 26 heavy (non-hydrogen) atoms. The van der Waals surface area contributed by atoms with Crippen molar-refractivity contribution >= 4 is 34.8 Å². The number of aryl methyl sites for hydroxylation is 1. The van der Waals surface area contributed by atoms with Crippen LogP contribution in [-0.4, -0.2) is 36.4 Å². The van der Waals surface area contributed by atoms with Gasteiger partial charge in [-0.1, -0.05) is 13.8 Å². The summed E-state index contributed by atoms with van der Waals surface area (Å²) >= 11 is 1.38. The summed E-state index contributed by atoms with van der Waals surface area (Å²) in [6, 6.07) is 6.40. The number of ether oxygens (including phenoxy) is 1. The Hall–Kier alpha value is -2.74. The van der Waals surface area contributed by atoms with Gasteiger partial charge in [-0.05, 0) is 31.2 Å². The molecule has 7 nitrogen and oxygen atoms in total. The van der Waals surface area contributed by atoms with Crippen LogP contribution in [0.4, 0.5) is 5.69 Å². The minimum atomic E-state index is -0.525. The Morgan fingerprint density at radius 3 is 2.35 bits per heavy atom. The number of rotatable bonds is 6. The topological polar surface area (TPSA) is 97.4 Å². The zero-order valence-corrected chi connectivity index (χ0v) is 15.9. The van der Waals surface area contributed by atoms with Crippen LogP contribution < -0.4 is 10.6 Å². The van der Waals surface area contributed by atoms with E-state index in [4.69, 9.17) is 0 Å². The summed E-state index contributed by atoms with van der Waals surface area (Å²) in [7, 11) is 1.25. The molecule has 2 aromatic rings. The van der Waals surface area contributed by atoms with Crippen LogP contribution in [0.25, 0.3) is 0 Å². The second-order valence-electron chi connectivity index (χ2n) is 5.91. The van der Waals surface area contributed by atoms with Crippen molar-refractivity contribution < 1.29 is 19.1 Å². The van der Waals surface area contributed by atoms with Crippen LogP contribution in [0.15, 0.2) is 24.3 Å². The van der Waals surface area contributed by atoms with Crippen LogP contribution in [0.3, 0.4) is 0 Å². The molecule has 2 amide bonds. The molecule has 0 radical (unpaired) electrons. The number of nitrogens with one attached hydrogen (secondary N) is 2. The number of esters is 1. The van der Waals surface area contributed by atoms with Crippen LogP contribution in [0.5, 0.6) is 0 Å². The van der Waals surface area contributed by atoms with Crippen molar-refractivity contribution in [2.45, 2.75) is 26.7 Å². The average molecular weight is 375 g/mol. The summed E-state index contributed by atoms with van der Waals surface area (Å²) in [4.78, 5) is 40.4. The molecule has 0 fully saturated rings. The predicted octanol–water partition coefficient (Wildman–Crippen LogP) is 2.73. The van der Waals surface area contributed by atoms with Crippen molar-refractivity contribution in [3.63, 3.8) is 0 Å². The number of nitrogens with zero attached hydrogens (tertiary/aromatic N) is 1. The lowest BCUT2D eigenvalue weighted by atomic mass is 10.2. The van der Waals surface area contributed by atoms with Gasteiger partial charge in [0.25, 0.3) is 11.8 Å². The monoisotopic (exact) mass is 375 g/mol. The second kappa shape index (κ2) is 8.57. The number of aromatic nitrogens is 1. The van der Waals surface area contributed by atoms with Crippen LogP contribution >= 0.6 is 11.3 Å². The molecule has 0 atom stereocenters. The van der Waals surface area contributed by atoms with Crippen molar-refractivity contribution in [1.82, 2.24) is 10.3 Å². The van der Waals surface area contributed by atoms with Crippen molar-refractivity contribution in [3.8, 4) is 0 Å². The molecule has 2 N–H and O–H groups in total. The van der Waals surface area contributed by atoms with Gasteiger partial charge in [-0.3, -0.25) is 14.4 Å². The third kappa shape index (κ3) is 4.89. The highest BCUT2D eigenvalue weighted by Crippen LogP contribution is 2.25. The summed E-state index contributed by atoms with van der Waals surface area (Å²) in [5, 5.41) is 6.17. The Kier molecular flexibility index (Phi) is 6.46. The van der Waals surface area contributed by atoms with Gasteiger partial charge in [0.1, 0.15) is 11.4 Å². The molecule has 0 saturated heterocycles. The van der Waals surface area contributed by atoms with E-state index >= 15 is 0 Å². The Morgan fingerprint density at radius 1 is 1.15 bits per heavy atom. The Bertz CT molecular complexity index is 812. The molecule has 0 aliphatic heterocycles. The third-order valence-corrected chi connectivity index (χ3v) is 5.00. The van der Waals surface area contributed by atoms with E-state index in [9.17, 15) is 14.4 Å². The van der Waals surface area contributed by atoms with E-state index in [2.05, 4.69) is 20.4 Å². The highest BCUT2D eigenvalue weighted by Gasteiger charge is 2.17. The molecule has 0 bridgehead atoms. The lowest BCUT2D eigenvalue weighted by Crippen LogP contribution is -2.30. The lowest BCUT2D eigenvalue weighted by molar-refractivity contribution is -0.139. The fourth-order valence-corrected chi connectivity index (χ4v) is 3.06. The van der Waals surface area contributed by atoms with E-state index in [1.54, 1.807) is 24.3 Å². The van der Waals surface area contributed by atoms with Crippen molar-refractivity contribution in [1.29, 1.82) is 0 Å². The van der Waals surface area contributed by atoms with Gasteiger partial charge in [0, 0.05) is 17.2 Å². The van der Waals surface area contributed by atoms with Crippen molar-refractivity contribution in [3.05, 3.63) is 45.4 Å². The second-order valence-corrected chi connectivity index (χ2v) is 6.94. The van der Waals surface area contributed by atoms with E-state index in [0.29, 0.717) is 21.8 Å². The molecule has 8 heteroatoms. The van der Waals surface area contributed by atoms with E-state index in [1.807, 2.05) is 20.8 Å². The summed E-state index contributed by atoms with van der Waals surface area (Å²) in [5.41, 5.74) is 1.65. The Labute approximate surface area is 155 Å². The molecular formula is C18H21N3O4S. The molecule has 0 spiro atoms. The quantitative estimate of drug-likeness (QED) is 0.757. The fraction of sp³-hybridized carbons (Fsp3) is 0.333. The van der Waals surface area contributed by atoms with Crippen molar-refractivity contribution in [2.24, 2.45) is 0 Å². The smallest absolute Gasteiger partial charge is 0.325 e. The Balaban J connectivity index is 2.01. The minimum Gasteiger partial charge on any atom is -0.468 e. The van der Waals surface area contributed by atoms with Gasteiger partial charge in [0.05, 0.1) is 17.8 Å². The molecule has 1 aromatic heterocycles. The first-order chi connectivity index (χ1) is 12.3. The van der Waals surface area contributed by atoms with E-state index in [0.717, 1.165) is 5.01 Å². The first kappa shape index (κ1) is 19.6. The molecule has 0 saturated carbocycles. The largest absolute Gasteiger partial charge is 0.468 e. The van der Waals surface area contributed by atoms with Gasteiger partial charge in [0.15, 0.2) is 0 Å². The first-order valence-electron chi connectivity index (χ1n) is 8.05. The summed E-state index contributed by atoms with van der Waals surface area (Å²) in [6.07, 6.45) is 0. The summed E-state index contributed by atoms with van der Waals surface area (Å²) in [5.74, 6) is -0.881. The normalized spacial score (nSPS) is 10.5. The van der Waals surface area contributed by atoms with Gasteiger partial charge in [-0.25, -0.2) is 4.98 Å². The number of benzene rings is 1. The maximum atomic E-state index is 12.4. The van der Waals surface area contributed by atoms with Crippen LogP contribution in [0.2, 0.25) is 0 Å². The van der Waals surface area contributed by atoms with E-state index < -0.39 is 11.9 Å². The number of hydrogen-bond acceptors (Lipinski definition) is 6. The maximum Gasteiger partial charge on any atom is 0.325 e. The molecule has 138 valence electrons. The molecule has 1 aromatic carbocycles. The molecular weight excluding hydrogens is 354 g/mol. The summed E-state index contributed by atoms with van der Waals surface area (Å²) in [6.45, 7) is 5.68. The van der Waals surface area contributed by atoms with Gasteiger partial charge >= 0.3 is 5.97 Å². The number of carbonyl (C=O) groups is 3. The summed E-state index contributed by atoms with van der Waals surface area (Å²) < 4.78 is 4.46.